The second-order valence-electron chi connectivity index (χ2n) is 3.94. The van der Waals surface area contributed by atoms with Gasteiger partial charge in [-0.05, 0) is 54.8 Å². The normalized spacial score (nSPS) is 12.0. The fourth-order valence-electron chi connectivity index (χ4n) is 1.85. The van der Waals surface area contributed by atoms with Gasteiger partial charge in [0, 0.05) is 9.75 Å². The van der Waals surface area contributed by atoms with Gasteiger partial charge in [0.15, 0.2) is 0 Å². The maximum Gasteiger partial charge on any atom is 0.130 e. The fourth-order valence-corrected chi connectivity index (χ4v) is 3.90. The minimum Gasteiger partial charge on any atom is -0.379 e. The van der Waals surface area contributed by atoms with Crippen molar-refractivity contribution >= 4 is 22.7 Å². The Hall–Kier alpha value is -0.640. The highest BCUT2D eigenvalue weighted by Gasteiger charge is 2.30. The molecule has 15 heavy (non-hydrogen) atoms. The van der Waals surface area contributed by atoms with Crippen LogP contribution in [0.3, 0.4) is 0 Å². The van der Waals surface area contributed by atoms with Crippen molar-refractivity contribution in [2.24, 2.45) is 0 Å². The topological polar surface area (TPSA) is 20.2 Å². The molecule has 2 heterocycles. The van der Waals surface area contributed by atoms with Crippen molar-refractivity contribution in [3.05, 3.63) is 43.8 Å². The zero-order valence-electron chi connectivity index (χ0n) is 9.07. The molecule has 0 spiro atoms. The van der Waals surface area contributed by atoms with Crippen molar-refractivity contribution in [1.29, 1.82) is 0 Å². The Bertz CT molecular complexity index is 423. The van der Waals surface area contributed by atoms with E-state index in [1.165, 1.54) is 0 Å². The van der Waals surface area contributed by atoms with E-state index in [4.69, 9.17) is 0 Å². The Labute approximate surface area is 98.0 Å². The predicted molar refractivity (Wildman–Crippen MR) is 66.8 cm³/mol. The fraction of sp³-hybridized carbons (Fsp3) is 0.333. The molecule has 80 valence electrons. The number of hydrogen-bond acceptors (Lipinski definition) is 3. The lowest BCUT2D eigenvalue weighted by atomic mass is 9.97. The van der Waals surface area contributed by atoms with E-state index in [0.29, 0.717) is 0 Å². The molecular weight excluding hydrogens is 224 g/mol. The zero-order chi connectivity index (χ0) is 11.1. The van der Waals surface area contributed by atoms with Gasteiger partial charge in [-0.2, -0.15) is 0 Å². The van der Waals surface area contributed by atoms with Gasteiger partial charge in [0.1, 0.15) is 5.60 Å². The summed E-state index contributed by atoms with van der Waals surface area (Å²) in [5.41, 5.74) is 1.49. The van der Waals surface area contributed by atoms with E-state index in [2.05, 4.69) is 12.1 Å². The maximum atomic E-state index is 10.6. The van der Waals surface area contributed by atoms with Crippen molar-refractivity contribution in [2.75, 3.05) is 0 Å². The molecule has 0 bridgehead atoms. The largest absolute Gasteiger partial charge is 0.379 e. The standard InChI is InChI=1S/C12H14OS2/c1-8-4-6-14-10(8)12(3,13)11-9(2)5-7-15-11/h4-7,13H,1-3H3. The van der Waals surface area contributed by atoms with Gasteiger partial charge in [-0.1, -0.05) is 0 Å². The van der Waals surface area contributed by atoms with Crippen LogP contribution in [-0.4, -0.2) is 5.11 Å². The van der Waals surface area contributed by atoms with Gasteiger partial charge < -0.3 is 5.11 Å². The first kappa shape index (κ1) is 10.9. The van der Waals surface area contributed by atoms with Crippen molar-refractivity contribution in [3.63, 3.8) is 0 Å². The van der Waals surface area contributed by atoms with E-state index in [1.54, 1.807) is 22.7 Å². The van der Waals surface area contributed by atoms with Gasteiger partial charge in [0.2, 0.25) is 0 Å². The molecule has 0 atom stereocenters. The van der Waals surface area contributed by atoms with Crippen LogP contribution in [0.5, 0.6) is 0 Å². The number of hydrogen-bond donors (Lipinski definition) is 1. The van der Waals surface area contributed by atoms with E-state index >= 15 is 0 Å². The Morgan fingerprint density at radius 3 is 1.67 bits per heavy atom. The zero-order valence-corrected chi connectivity index (χ0v) is 10.7. The lowest BCUT2D eigenvalue weighted by Crippen LogP contribution is -2.21. The summed E-state index contributed by atoms with van der Waals surface area (Å²) in [7, 11) is 0. The summed E-state index contributed by atoms with van der Waals surface area (Å²) in [6.07, 6.45) is 0. The first-order chi connectivity index (χ1) is 7.03. The minimum absolute atomic E-state index is 0.837. The van der Waals surface area contributed by atoms with Gasteiger partial charge in [-0.15, -0.1) is 22.7 Å². The summed E-state index contributed by atoms with van der Waals surface area (Å²) in [4.78, 5) is 2.10. The van der Waals surface area contributed by atoms with Crippen molar-refractivity contribution in [3.8, 4) is 0 Å². The summed E-state index contributed by atoms with van der Waals surface area (Å²) in [6.45, 7) is 5.97. The van der Waals surface area contributed by atoms with Gasteiger partial charge >= 0.3 is 0 Å². The molecule has 0 amide bonds. The summed E-state index contributed by atoms with van der Waals surface area (Å²) >= 11 is 3.24. The second kappa shape index (κ2) is 3.74. The highest BCUT2D eigenvalue weighted by molar-refractivity contribution is 7.12. The molecule has 0 saturated carbocycles. The smallest absolute Gasteiger partial charge is 0.130 e. The molecule has 0 aliphatic heterocycles. The van der Waals surface area contributed by atoms with Crippen LogP contribution in [0.25, 0.3) is 0 Å². The third-order valence-corrected chi connectivity index (χ3v) is 5.06. The molecule has 0 saturated heterocycles. The Kier molecular flexibility index (Phi) is 2.71. The average Bonchev–Trinajstić information content (AvgIpc) is 2.73. The van der Waals surface area contributed by atoms with Crippen molar-refractivity contribution < 1.29 is 5.11 Å². The molecule has 2 aromatic heterocycles. The molecule has 0 fully saturated rings. The van der Waals surface area contributed by atoms with Crippen LogP contribution in [0, 0.1) is 13.8 Å². The molecule has 2 rings (SSSR count). The van der Waals surface area contributed by atoms with Crippen LogP contribution in [0.2, 0.25) is 0 Å². The summed E-state index contributed by atoms with van der Waals surface area (Å²) in [5, 5.41) is 14.7. The first-order valence-corrected chi connectivity index (χ1v) is 6.61. The lowest BCUT2D eigenvalue weighted by molar-refractivity contribution is 0.109. The third-order valence-electron chi connectivity index (χ3n) is 2.61. The SMILES string of the molecule is Cc1ccsc1C(C)(O)c1sccc1C. The van der Waals surface area contributed by atoms with Gasteiger partial charge in [0.25, 0.3) is 0 Å². The summed E-state index contributed by atoms with van der Waals surface area (Å²) < 4.78 is 0. The average molecular weight is 238 g/mol. The highest BCUT2D eigenvalue weighted by atomic mass is 32.1. The quantitative estimate of drug-likeness (QED) is 0.846. The monoisotopic (exact) mass is 238 g/mol. The predicted octanol–water partition coefficient (Wildman–Crippen LogP) is 3.68. The lowest BCUT2D eigenvalue weighted by Gasteiger charge is -2.22. The summed E-state index contributed by atoms with van der Waals surface area (Å²) in [6, 6.07) is 4.11. The molecule has 2 aromatic rings. The summed E-state index contributed by atoms with van der Waals surface area (Å²) in [5.74, 6) is 0. The van der Waals surface area contributed by atoms with Crippen molar-refractivity contribution in [2.45, 2.75) is 26.4 Å². The maximum absolute atomic E-state index is 10.6. The van der Waals surface area contributed by atoms with Crippen LogP contribution < -0.4 is 0 Å². The molecule has 0 radical (unpaired) electrons. The van der Waals surface area contributed by atoms with Crippen molar-refractivity contribution in [1.82, 2.24) is 0 Å². The molecule has 1 N–H and O–H groups in total. The third kappa shape index (κ3) is 1.75. The van der Waals surface area contributed by atoms with Crippen LogP contribution in [-0.2, 0) is 5.60 Å². The van der Waals surface area contributed by atoms with E-state index in [-0.39, 0.29) is 0 Å². The van der Waals surface area contributed by atoms with Crippen LogP contribution in [0.1, 0.15) is 27.8 Å². The minimum atomic E-state index is -0.837. The van der Waals surface area contributed by atoms with E-state index in [9.17, 15) is 5.11 Å². The molecule has 0 unspecified atom stereocenters. The van der Waals surface area contributed by atoms with Crippen LogP contribution in [0.15, 0.2) is 22.9 Å². The second-order valence-corrected chi connectivity index (χ2v) is 5.77. The van der Waals surface area contributed by atoms with Gasteiger partial charge in [-0.25, -0.2) is 0 Å². The van der Waals surface area contributed by atoms with E-state index < -0.39 is 5.60 Å². The number of aryl methyl sites for hydroxylation is 2. The van der Waals surface area contributed by atoms with E-state index in [0.717, 1.165) is 20.9 Å². The molecule has 3 heteroatoms. The molecule has 0 aromatic carbocycles. The first-order valence-electron chi connectivity index (χ1n) is 4.85. The Morgan fingerprint density at radius 1 is 1.00 bits per heavy atom. The van der Waals surface area contributed by atoms with Gasteiger partial charge in [-0.3, -0.25) is 0 Å². The van der Waals surface area contributed by atoms with Gasteiger partial charge in [0.05, 0.1) is 0 Å². The molecule has 1 nitrogen and oxygen atoms in total. The highest BCUT2D eigenvalue weighted by Crippen LogP contribution is 2.38. The van der Waals surface area contributed by atoms with Crippen LogP contribution >= 0.6 is 22.7 Å². The number of rotatable bonds is 2. The number of thiophene rings is 2. The molecule has 0 aliphatic rings. The molecule has 0 aliphatic carbocycles. The Balaban J connectivity index is 2.53. The van der Waals surface area contributed by atoms with E-state index in [1.807, 2.05) is 31.5 Å². The Morgan fingerprint density at radius 2 is 1.40 bits per heavy atom. The van der Waals surface area contributed by atoms with Crippen LogP contribution in [0.4, 0.5) is 0 Å². The number of aliphatic hydroxyl groups is 1. The molecular formula is C12H14OS2.